The predicted octanol–water partition coefficient (Wildman–Crippen LogP) is 3.31. The molecule has 0 saturated heterocycles. The molecular weight excluding hydrogens is 485 g/mol. The number of rotatable bonds is 5. The zero-order valence-corrected chi connectivity index (χ0v) is 17.8. The summed E-state index contributed by atoms with van der Waals surface area (Å²) in [5.74, 6) is -5.24. The van der Waals surface area contributed by atoms with Gasteiger partial charge in [0.2, 0.25) is 0 Å². The van der Waals surface area contributed by atoms with E-state index in [9.17, 15) is 28.7 Å². The van der Waals surface area contributed by atoms with Crippen LogP contribution in [-0.2, 0) is 31.1 Å². The number of fused-ring (bicyclic) bond motifs is 1. The molecule has 2 aromatic rings. The Kier molecular flexibility index (Phi) is 5.96. The van der Waals surface area contributed by atoms with E-state index < -0.39 is 48.0 Å². The minimum absolute atomic E-state index is 0.000492. The van der Waals surface area contributed by atoms with E-state index in [-0.39, 0.29) is 21.7 Å². The van der Waals surface area contributed by atoms with Crippen LogP contribution in [0.3, 0.4) is 0 Å². The van der Waals surface area contributed by atoms with Crippen molar-refractivity contribution >= 4 is 51.3 Å². The lowest BCUT2D eigenvalue weighted by atomic mass is 9.71. The van der Waals surface area contributed by atoms with E-state index in [0.717, 1.165) is 13.2 Å². The van der Waals surface area contributed by atoms with E-state index in [4.69, 9.17) is 16.3 Å². The van der Waals surface area contributed by atoms with Crippen molar-refractivity contribution in [1.29, 1.82) is 0 Å². The lowest BCUT2D eigenvalue weighted by Gasteiger charge is -2.39. The molecule has 2 amide bonds. The van der Waals surface area contributed by atoms with Crippen LogP contribution in [0.1, 0.15) is 27.9 Å². The van der Waals surface area contributed by atoms with Crippen molar-refractivity contribution in [2.45, 2.75) is 18.4 Å². The molecule has 10 heteroatoms. The summed E-state index contributed by atoms with van der Waals surface area (Å²) in [6.07, 6.45) is -0.959. The number of carboxylic acids is 1. The fourth-order valence-electron chi connectivity index (χ4n) is 3.45. The van der Waals surface area contributed by atoms with Crippen molar-refractivity contribution in [1.82, 2.24) is 4.90 Å². The Labute approximate surface area is 183 Å². The molecule has 0 fully saturated rings. The number of ether oxygens (including phenoxy) is 1. The fourth-order valence-corrected chi connectivity index (χ4v) is 3.96. The minimum Gasteiger partial charge on any atom is -0.481 e. The highest BCUT2D eigenvalue weighted by molar-refractivity contribution is 9.10. The molecule has 1 aliphatic heterocycles. The number of amides is 2. The van der Waals surface area contributed by atoms with Crippen LogP contribution in [0.5, 0.6) is 0 Å². The number of hydrogen-bond acceptors (Lipinski definition) is 5. The molecule has 0 saturated carbocycles. The Morgan fingerprint density at radius 1 is 1.23 bits per heavy atom. The van der Waals surface area contributed by atoms with E-state index in [2.05, 4.69) is 15.9 Å². The maximum Gasteiger partial charge on any atom is 0.326 e. The quantitative estimate of drug-likeness (QED) is 0.386. The van der Waals surface area contributed by atoms with Crippen LogP contribution >= 0.6 is 27.5 Å². The molecule has 0 spiro atoms. The van der Waals surface area contributed by atoms with Gasteiger partial charge in [-0.05, 0) is 29.8 Å². The molecule has 30 heavy (non-hydrogen) atoms. The molecule has 156 valence electrons. The number of carbonyl (C=O) groups excluding carboxylic acids is 3. The second-order valence-corrected chi connectivity index (χ2v) is 7.94. The molecule has 2 aromatic carbocycles. The lowest BCUT2D eigenvalue weighted by molar-refractivity contribution is -0.161. The number of hydrogen-bond donors (Lipinski definition) is 1. The first-order valence-electron chi connectivity index (χ1n) is 8.52. The summed E-state index contributed by atoms with van der Waals surface area (Å²) in [6, 6.07) is 7.87. The summed E-state index contributed by atoms with van der Waals surface area (Å²) in [6.45, 7) is -0.513. The van der Waals surface area contributed by atoms with E-state index >= 15 is 0 Å². The fraction of sp³-hybridized carbons (Fsp3) is 0.200. The standard InChI is InChI=1S/C20H14BrClFNO6/c1-30-19(29)20(8-16(25)26)14-5-4-12(22)7-13(14)17(27)24(18(20)28)9-10-2-3-11(21)6-15(10)23/h2-7H,8-9H2,1H3,(H,25,26). The second-order valence-electron chi connectivity index (χ2n) is 6.59. The molecule has 1 N–H and O–H groups in total. The van der Waals surface area contributed by atoms with Gasteiger partial charge in [-0.3, -0.25) is 24.1 Å². The van der Waals surface area contributed by atoms with Gasteiger partial charge in [-0.15, -0.1) is 0 Å². The smallest absolute Gasteiger partial charge is 0.326 e. The number of nitrogens with zero attached hydrogens (tertiary/aromatic N) is 1. The summed E-state index contributed by atoms with van der Waals surface area (Å²) >= 11 is 9.11. The van der Waals surface area contributed by atoms with Gasteiger partial charge < -0.3 is 9.84 Å². The number of imide groups is 1. The summed E-state index contributed by atoms with van der Waals surface area (Å²) in [5.41, 5.74) is -2.57. The van der Waals surface area contributed by atoms with Crippen molar-refractivity contribution in [2.75, 3.05) is 7.11 Å². The SMILES string of the molecule is COC(=O)C1(CC(=O)O)C(=O)N(Cc2ccc(Br)cc2F)C(=O)c2cc(Cl)ccc21. The van der Waals surface area contributed by atoms with Gasteiger partial charge in [-0.1, -0.05) is 39.7 Å². The third-order valence-corrected chi connectivity index (χ3v) is 5.55. The average molecular weight is 499 g/mol. The van der Waals surface area contributed by atoms with Crippen LogP contribution in [0.15, 0.2) is 40.9 Å². The molecule has 0 bridgehead atoms. The van der Waals surface area contributed by atoms with E-state index in [1.54, 1.807) is 0 Å². The molecule has 1 heterocycles. The Morgan fingerprint density at radius 2 is 1.93 bits per heavy atom. The highest BCUT2D eigenvalue weighted by atomic mass is 79.9. The first-order valence-corrected chi connectivity index (χ1v) is 9.69. The first-order chi connectivity index (χ1) is 14.1. The Balaban J connectivity index is 2.23. The highest BCUT2D eigenvalue weighted by Crippen LogP contribution is 2.40. The van der Waals surface area contributed by atoms with Gasteiger partial charge in [0.25, 0.3) is 11.8 Å². The van der Waals surface area contributed by atoms with Gasteiger partial charge in [-0.25, -0.2) is 4.39 Å². The van der Waals surface area contributed by atoms with Gasteiger partial charge in [-0.2, -0.15) is 0 Å². The zero-order chi connectivity index (χ0) is 22.2. The van der Waals surface area contributed by atoms with Crippen LogP contribution < -0.4 is 0 Å². The third-order valence-electron chi connectivity index (χ3n) is 4.82. The topological polar surface area (TPSA) is 101 Å². The molecule has 7 nitrogen and oxygen atoms in total. The van der Waals surface area contributed by atoms with Crippen molar-refractivity contribution in [2.24, 2.45) is 0 Å². The van der Waals surface area contributed by atoms with Crippen molar-refractivity contribution in [3.63, 3.8) is 0 Å². The van der Waals surface area contributed by atoms with Crippen LogP contribution in [0, 0.1) is 5.82 Å². The Hall–Kier alpha value is -2.78. The maximum atomic E-state index is 14.4. The highest BCUT2D eigenvalue weighted by Gasteiger charge is 2.58. The molecule has 1 atom stereocenters. The predicted molar refractivity (Wildman–Crippen MR) is 106 cm³/mol. The molecule has 3 rings (SSSR count). The number of carboxylic acid groups (broad SMARTS) is 1. The average Bonchev–Trinajstić information content (AvgIpc) is 2.69. The van der Waals surface area contributed by atoms with Gasteiger partial charge in [0, 0.05) is 20.6 Å². The summed E-state index contributed by atoms with van der Waals surface area (Å²) in [5, 5.41) is 9.57. The zero-order valence-electron chi connectivity index (χ0n) is 15.4. The summed E-state index contributed by atoms with van der Waals surface area (Å²) in [7, 11) is 1.00. The Morgan fingerprint density at radius 3 is 2.53 bits per heavy atom. The number of aliphatic carboxylic acids is 1. The largest absolute Gasteiger partial charge is 0.481 e. The summed E-state index contributed by atoms with van der Waals surface area (Å²) in [4.78, 5) is 51.4. The van der Waals surface area contributed by atoms with Gasteiger partial charge in [0.15, 0.2) is 5.41 Å². The van der Waals surface area contributed by atoms with E-state index in [1.165, 1.54) is 30.3 Å². The van der Waals surface area contributed by atoms with Crippen LogP contribution in [-0.4, -0.2) is 40.9 Å². The Bertz CT molecular complexity index is 1090. The number of carbonyl (C=O) groups is 4. The van der Waals surface area contributed by atoms with Crippen LogP contribution in [0.4, 0.5) is 4.39 Å². The third kappa shape index (κ3) is 3.59. The van der Waals surface area contributed by atoms with E-state index in [1.807, 2.05) is 0 Å². The number of halogens is 3. The maximum absolute atomic E-state index is 14.4. The molecule has 0 radical (unpaired) electrons. The van der Waals surface area contributed by atoms with Crippen molar-refractivity contribution < 1.29 is 33.4 Å². The molecule has 0 aliphatic carbocycles. The second kappa shape index (κ2) is 8.16. The van der Waals surface area contributed by atoms with Gasteiger partial charge in [0.05, 0.1) is 20.1 Å². The van der Waals surface area contributed by atoms with Gasteiger partial charge >= 0.3 is 11.9 Å². The van der Waals surface area contributed by atoms with E-state index in [0.29, 0.717) is 9.37 Å². The molecule has 0 aromatic heterocycles. The minimum atomic E-state index is -2.32. The first kappa shape index (κ1) is 21.9. The number of methoxy groups -OCH3 is 1. The molecular formula is C20H14BrClFNO6. The van der Waals surface area contributed by atoms with Crippen LogP contribution in [0.2, 0.25) is 5.02 Å². The molecule has 1 aliphatic rings. The number of esters is 1. The normalized spacial score (nSPS) is 18.2. The van der Waals surface area contributed by atoms with Gasteiger partial charge in [0.1, 0.15) is 5.82 Å². The summed E-state index contributed by atoms with van der Waals surface area (Å²) < 4.78 is 19.6. The van der Waals surface area contributed by atoms with Crippen LogP contribution in [0.25, 0.3) is 0 Å². The lowest BCUT2D eigenvalue weighted by Crippen LogP contribution is -2.59. The monoisotopic (exact) mass is 497 g/mol. The molecule has 1 unspecified atom stereocenters. The van der Waals surface area contributed by atoms with Crippen molar-refractivity contribution in [3.8, 4) is 0 Å². The van der Waals surface area contributed by atoms with Crippen molar-refractivity contribution in [3.05, 3.63) is 68.4 Å². The number of benzene rings is 2.